The van der Waals surface area contributed by atoms with Crippen LogP contribution < -0.4 is 10.5 Å². The average Bonchev–Trinajstić information content (AvgIpc) is 2.25. The monoisotopic (exact) mass is 209 g/mol. The molecule has 0 amide bonds. The van der Waals surface area contributed by atoms with Gasteiger partial charge in [-0.15, -0.1) is 0 Å². The highest BCUT2D eigenvalue weighted by molar-refractivity contribution is 5.30. The Morgan fingerprint density at radius 1 is 1.33 bits per heavy atom. The topological polar surface area (TPSA) is 44.5 Å². The van der Waals surface area contributed by atoms with Crippen molar-refractivity contribution in [2.24, 2.45) is 5.73 Å². The van der Waals surface area contributed by atoms with Gasteiger partial charge < -0.3 is 15.2 Å². The van der Waals surface area contributed by atoms with E-state index in [9.17, 15) is 0 Å². The van der Waals surface area contributed by atoms with E-state index in [-0.39, 0.29) is 6.04 Å². The molecule has 0 aliphatic rings. The lowest BCUT2D eigenvalue weighted by atomic mass is 10.1. The summed E-state index contributed by atoms with van der Waals surface area (Å²) in [5.74, 6) is 0.851. The largest absolute Gasteiger partial charge is 0.491 e. The molecular weight excluding hydrogens is 190 g/mol. The predicted octanol–water partition coefficient (Wildman–Crippen LogP) is 2.12. The van der Waals surface area contributed by atoms with E-state index < -0.39 is 0 Å². The summed E-state index contributed by atoms with van der Waals surface area (Å²) >= 11 is 0. The fourth-order valence-corrected chi connectivity index (χ4v) is 1.25. The Morgan fingerprint density at radius 2 is 2.13 bits per heavy atom. The first-order valence-electron chi connectivity index (χ1n) is 5.30. The fourth-order valence-electron chi connectivity index (χ4n) is 1.25. The molecule has 1 atom stereocenters. The maximum absolute atomic E-state index is 5.78. The normalized spacial score (nSPS) is 12.5. The minimum atomic E-state index is 0.0421. The highest BCUT2D eigenvalue weighted by atomic mass is 16.5. The van der Waals surface area contributed by atoms with Crippen LogP contribution in [-0.4, -0.2) is 19.8 Å². The van der Waals surface area contributed by atoms with Crippen molar-refractivity contribution >= 4 is 0 Å². The quantitative estimate of drug-likeness (QED) is 0.730. The molecule has 1 aromatic rings. The Hall–Kier alpha value is -1.06. The van der Waals surface area contributed by atoms with Crippen LogP contribution in [0.25, 0.3) is 0 Å². The molecule has 0 radical (unpaired) electrons. The van der Waals surface area contributed by atoms with Crippen molar-refractivity contribution in [2.75, 3.05) is 19.8 Å². The molecule has 3 heteroatoms. The Kier molecular flexibility index (Phi) is 5.15. The summed E-state index contributed by atoms with van der Waals surface area (Å²) in [5, 5.41) is 0. The summed E-state index contributed by atoms with van der Waals surface area (Å²) in [4.78, 5) is 0. The number of ether oxygens (including phenoxy) is 2. The first-order valence-corrected chi connectivity index (χ1v) is 5.30. The second-order valence-corrected chi connectivity index (χ2v) is 3.41. The van der Waals surface area contributed by atoms with Crippen LogP contribution in [0.5, 0.6) is 5.75 Å². The van der Waals surface area contributed by atoms with Gasteiger partial charge in [-0.2, -0.15) is 0 Å². The number of nitrogens with two attached hydrogens (primary N) is 1. The third kappa shape index (κ3) is 4.32. The molecule has 0 saturated carbocycles. The van der Waals surface area contributed by atoms with Crippen LogP contribution in [0, 0.1) is 0 Å². The molecule has 0 saturated heterocycles. The summed E-state index contributed by atoms with van der Waals surface area (Å²) in [6, 6.07) is 7.89. The molecule has 0 aromatic heterocycles. The molecule has 0 spiro atoms. The molecule has 2 N–H and O–H groups in total. The van der Waals surface area contributed by atoms with Gasteiger partial charge in [0.15, 0.2) is 0 Å². The number of benzene rings is 1. The van der Waals surface area contributed by atoms with E-state index in [0.717, 1.165) is 17.9 Å². The maximum Gasteiger partial charge on any atom is 0.119 e. The average molecular weight is 209 g/mol. The van der Waals surface area contributed by atoms with Gasteiger partial charge in [0.05, 0.1) is 6.61 Å². The zero-order chi connectivity index (χ0) is 11.1. The molecule has 1 aromatic carbocycles. The minimum Gasteiger partial charge on any atom is -0.491 e. The zero-order valence-electron chi connectivity index (χ0n) is 9.40. The fraction of sp³-hybridized carbons (Fsp3) is 0.500. The highest BCUT2D eigenvalue weighted by Gasteiger charge is 2.00. The molecular formula is C12H19NO2. The first-order chi connectivity index (χ1) is 7.24. The summed E-state index contributed by atoms with van der Waals surface area (Å²) in [7, 11) is 0. The molecule has 0 bridgehead atoms. The van der Waals surface area contributed by atoms with Crippen molar-refractivity contribution in [3.05, 3.63) is 29.8 Å². The van der Waals surface area contributed by atoms with Crippen LogP contribution in [0.1, 0.15) is 25.5 Å². The van der Waals surface area contributed by atoms with Gasteiger partial charge >= 0.3 is 0 Å². The molecule has 0 fully saturated rings. The zero-order valence-corrected chi connectivity index (χ0v) is 9.40. The van der Waals surface area contributed by atoms with E-state index in [0.29, 0.717) is 13.2 Å². The molecule has 3 nitrogen and oxygen atoms in total. The van der Waals surface area contributed by atoms with Crippen molar-refractivity contribution in [2.45, 2.75) is 19.9 Å². The Labute approximate surface area is 91.2 Å². The van der Waals surface area contributed by atoms with Crippen LogP contribution in [0.15, 0.2) is 24.3 Å². The van der Waals surface area contributed by atoms with Gasteiger partial charge in [0.1, 0.15) is 12.4 Å². The number of rotatable bonds is 6. The van der Waals surface area contributed by atoms with Crippen molar-refractivity contribution < 1.29 is 9.47 Å². The van der Waals surface area contributed by atoms with Gasteiger partial charge in [-0.25, -0.2) is 0 Å². The summed E-state index contributed by atoms with van der Waals surface area (Å²) in [6.07, 6.45) is 0. The maximum atomic E-state index is 5.78. The van der Waals surface area contributed by atoms with Crippen LogP contribution in [0.4, 0.5) is 0 Å². The lowest BCUT2D eigenvalue weighted by Crippen LogP contribution is -2.08. The van der Waals surface area contributed by atoms with Gasteiger partial charge in [0, 0.05) is 12.6 Å². The smallest absolute Gasteiger partial charge is 0.119 e. The Balaban J connectivity index is 2.43. The first kappa shape index (κ1) is 12.0. The van der Waals surface area contributed by atoms with E-state index in [1.165, 1.54) is 0 Å². The third-order valence-electron chi connectivity index (χ3n) is 2.08. The van der Waals surface area contributed by atoms with Gasteiger partial charge in [0.25, 0.3) is 0 Å². The molecule has 84 valence electrons. The minimum absolute atomic E-state index is 0.0421. The standard InChI is InChI=1S/C12H19NO2/c1-3-14-7-8-15-12-6-4-5-11(9-12)10(2)13/h4-6,9-10H,3,7-8,13H2,1-2H3. The predicted molar refractivity (Wildman–Crippen MR) is 61.0 cm³/mol. The molecule has 1 rings (SSSR count). The van der Waals surface area contributed by atoms with Crippen LogP contribution >= 0.6 is 0 Å². The number of hydrogen-bond donors (Lipinski definition) is 1. The highest BCUT2D eigenvalue weighted by Crippen LogP contribution is 2.17. The van der Waals surface area contributed by atoms with E-state index in [2.05, 4.69) is 0 Å². The molecule has 1 unspecified atom stereocenters. The van der Waals surface area contributed by atoms with Crippen LogP contribution in [0.2, 0.25) is 0 Å². The van der Waals surface area contributed by atoms with Gasteiger partial charge in [-0.3, -0.25) is 0 Å². The lowest BCUT2D eigenvalue weighted by Gasteiger charge is -2.09. The van der Waals surface area contributed by atoms with E-state index in [1.54, 1.807) is 0 Å². The molecule has 0 heterocycles. The Morgan fingerprint density at radius 3 is 2.80 bits per heavy atom. The summed E-state index contributed by atoms with van der Waals surface area (Å²) in [5.41, 5.74) is 6.87. The SMILES string of the molecule is CCOCCOc1cccc(C(C)N)c1. The van der Waals surface area contributed by atoms with E-state index in [1.807, 2.05) is 38.1 Å². The second-order valence-electron chi connectivity index (χ2n) is 3.41. The van der Waals surface area contributed by atoms with Crippen LogP contribution in [-0.2, 0) is 4.74 Å². The van der Waals surface area contributed by atoms with Crippen molar-refractivity contribution in [1.29, 1.82) is 0 Å². The Bertz CT molecular complexity index is 287. The van der Waals surface area contributed by atoms with Crippen molar-refractivity contribution in [1.82, 2.24) is 0 Å². The lowest BCUT2D eigenvalue weighted by molar-refractivity contribution is 0.110. The van der Waals surface area contributed by atoms with Crippen molar-refractivity contribution in [3.63, 3.8) is 0 Å². The molecule has 15 heavy (non-hydrogen) atoms. The van der Waals surface area contributed by atoms with Gasteiger partial charge in [-0.05, 0) is 31.5 Å². The van der Waals surface area contributed by atoms with Crippen LogP contribution in [0.3, 0.4) is 0 Å². The van der Waals surface area contributed by atoms with Crippen molar-refractivity contribution in [3.8, 4) is 5.75 Å². The van der Waals surface area contributed by atoms with E-state index in [4.69, 9.17) is 15.2 Å². The molecule has 0 aliphatic heterocycles. The number of hydrogen-bond acceptors (Lipinski definition) is 3. The van der Waals surface area contributed by atoms with Gasteiger partial charge in [-0.1, -0.05) is 12.1 Å². The molecule has 0 aliphatic carbocycles. The summed E-state index contributed by atoms with van der Waals surface area (Å²) in [6.45, 7) is 5.86. The van der Waals surface area contributed by atoms with Gasteiger partial charge in [0.2, 0.25) is 0 Å². The summed E-state index contributed by atoms with van der Waals surface area (Å²) < 4.78 is 10.7. The van der Waals surface area contributed by atoms with E-state index >= 15 is 0 Å². The second kappa shape index (κ2) is 6.43. The third-order valence-corrected chi connectivity index (χ3v) is 2.08.